The average Bonchev–Trinajstić information content (AvgIpc) is 3.40. The first-order valence-corrected chi connectivity index (χ1v) is 18.4. The summed E-state index contributed by atoms with van der Waals surface area (Å²) in [5, 5.41) is 7.36. The molecule has 1 amide bonds. The fourth-order valence-electron chi connectivity index (χ4n) is 2.34. The van der Waals surface area contributed by atoms with E-state index in [4.69, 9.17) is 70.3 Å². The van der Waals surface area contributed by atoms with Gasteiger partial charge in [0, 0.05) is 21.6 Å². The number of nitrogen functional groups attached to an aromatic ring is 1. The number of amides is 1. The molecule has 3 aromatic rings. The molecule has 1 heterocycles. The zero-order valence-corrected chi connectivity index (χ0v) is 41.2. The molecule has 0 saturated carbocycles. The van der Waals surface area contributed by atoms with Gasteiger partial charge in [0.25, 0.3) is 5.91 Å². The van der Waals surface area contributed by atoms with Gasteiger partial charge in [-0.05, 0) is 47.9 Å². The molecule has 2 aromatic carbocycles. The quantitative estimate of drug-likeness (QED) is 0.0373. The molecule has 0 bridgehead atoms. The van der Waals surface area contributed by atoms with Crippen molar-refractivity contribution in [1.82, 2.24) is 4.98 Å². The van der Waals surface area contributed by atoms with E-state index in [0.717, 1.165) is 4.34 Å². The van der Waals surface area contributed by atoms with Crippen LogP contribution in [-0.4, -0.2) is 38.1 Å². The van der Waals surface area contributed by atoms with E-state index in [9.17, 15) is 9.59 Å². The molecule has 0 radical (unpaired) electrons. The fourth-order valence-corrected chi connectivity index (χ4v) is 4.92. The van der Waals surface area contributed by atoms with Gasteiger partial charge in [-0.2, -0.15) is 10.9 Å². The number of Topliss-reactive ketones (excluding diaryl/α,β-unsaturated/α-hetero) is 1. The first-order valence-electron chi connectivity index (χ1n) is 11.3. The number of terminal acetylenes is 2. The molecular weight excluding hydrogens is 949 g/mol. The van der Waals surface area contributed by atoms with Crippen LogP contribution in [0.3, 0.4) is 0 Å². The van der Waals surface area contributed by atoms with Crippen LogP contribution in [0.5, 0.6) is 0 Å². The summed E-state index contributed by atoms with van der Waals surface area (Å²) in [7, 11) is 0. The van der Waals surface area contributed by atoms with E-state index in [1.165, 1.54) is 23.1 Å². The number of benzene rings is 2. The number of carbonyl (C=O) groups excluding carboxylic acids is 2. The van der Waals surface area contributed by atoms with Gasteiger partial charge in [-0.15, -0.1) is 53.1 Å². The van der Waals surface area contributed by atoms with Crippen LogP contribution >= 0.6 is 104 Å². The number of hydrogen-bond acceptors (Lipinski definition) is 9. The van der Waals surface area contributed by atoms with Crippen LogP contribution in [0.2, 0.25) is 20.1 Å². The second kappa shape index (κ2) is 37.3. The Kier molecular flexibility index (Phi) is 45.9. The van der Waals surface area contributed by atoms with Crippen LogP contribution in [0.1, 0.15) is 22.2 Å². The number of nitrogens with two attached hydrogens (primary N) is 1. The molecule has 0 saturated heterocycles. The number of alkyl halides is 2. The van der Waals surface area contributed by atoms with Gasteiger partial charge in [0.2, 0.25) is 0 Å². The van der Waals surface area contributed by atoms with Gasteiger partial charge in [0.1, 0.15) is 10.7 Å². The van der Waals surface area contributed by atoms with Gasteiger partial charge in [0.05, 0.1) is 21.6 Å². The fraction of sp³-hybridized carbons (Fsp3) is 0.179. The zero-order valence-electron chi connectivity index (χ0n) is 25.7. The molecular formula is C28H25Cl5IK2N5O2S4. The van der Waals surface area contributed by atoms with Crippen LogP contribution in [0.4, 0.5) is 11.5 Å². The summed E-state index contributed by atoms with van der Waals surface area (Å²) in [5.41, 5.74) is 6.73. The van der Waals surface area contributed by atoms with Crippen molar-refractivity contribution in [3.8, 4) is 25.2 Å². The Morgan fingerprint density at radius 3 is 1.83 bits per heavy atom. The predicted molar refractivity (Wildman–Crippen MR) is 212 cm³/mol. The summed E-state index contributed by atoms with van der Waals surface area (Å²) in [4.78, 5) is 32.1. The molecule has 0 aliphatic heterocycles. The van der Waals surface area contributed by atoms with Crippen molar-refractivity contribution in [2.75, 3.05) is 28.1 Å². The Hall–Kier alpha value is 1.53. The number of carbonyl (C=O) groups is 2. The number of thioether (sulfide) groups is 1. The average molecular weight is 974 g/mol. The molecule has 0 atom stereocenters. The number of nitrogens with one attached hydrogen (secondary N) is 1. The number of hydrogen-bond donors (Lipinski definition) is 2. The van der Waals surface area contributed by atoms with Crippen LogP contribution in [0, 0.1) is 31.8 Å². The molecule has 19 heteroatoms. The number of rotatable bonds is 6. The predicted octanol–water partition coefficient (Wildman–Crippen LogP) is 3.57. The Balaban J connectivity index is -0.000000183. The minimum atomic E-state index is -0.370. The molecule has 1 aromatic heterocycles. The van der Waals surface area contributed by atoms with E-state index in [-0.39, 0.29) is 137 Å². The molecule has 7 nitrogen and oxygen atoms in total. The van der Waals surface area contributed by atoms with E-state index in [2.05, 4.69) is 93.4 Å². The third-order valence-corrected chi connectivity index (χ3v) is 7.79. The Morgan fingerprint density at radius 1 is 1.09 bits per heavy atom. The SMILES string of the molecule is C#C.C#CC.CI.CSc1nc(N)c(C(=O)Nc2c(Cl)cccc2Cl)s1.O=C(CCl)Cc1c(Cl)cccc1Cl.[C-]#[N+]N=C([S-])[S-].[K+].[K+]. The van der Waals surface area contributed by atoms with Crippen LogP contribution < -0.4 is 114 Å². The monoisotopic (exact) mass is 971 g/mol. The van der Waals surface area contributed by atoms with Crippen LogP contribution in [0.25, 0.3) is 4.95 Å². The molecule has 0 unspecified atom stereocenters. The van der Waals surface area contributed by atoms with Crippen molar-refractivity contribution in [3.63, 3.8) is 0 Å². The van der Waals surface area contributed by atoms with Crippen molar-refractivity contribution in [1.29, 1.82) is 0 Å². The van der Waals surface area contributed by atoms with Crippen LogP contribution in [0.15, 0.2) is 45.8 Å². The molecule has 0 spiro atoms. The van der Waals surface area contributed by atoms with Gasteiger partial charge in [0.15, 0.2) is 10.1 Å². The van der Waals surface area contributed by atoms with Crippen molar-refractivity contribution in [3.05, 3.63) is 78.5 Å². The maximum atomic E-state index is 12.1. The standard InChI is InChI=1S/C11H9Cl2N3OS2.C9H7Cl3O.C3H4.C2H2N2S2.C2H2.CH3I.2K/c1-18-11-16-9(14)8(19-11)10(17)15-7-5(12)3-2-4-6(7)13;10-5-6(13)4-7-8(11)2-1-3-9(7)12;1-3-2;1-3-4-2(5)6;2*1-2;;/h2-4H,14H2,1H3,(H,15,17);1-3H,4-5H2;1H,2H3;(H2,4,5,6);1-2H;1H3;;/q;;;;;;2*+1/p-2. The van der Waals surface area contributed by atoms with Crippen molar-refractivity contribution < 1.29 is 112 Å². The number of ketones is 1. The Bertz CT molecular complexity index is 1460. The number of nitrogens with zero attached hydrogens (tertiary/aromatic N) is 3. The minimum Gasteiger partial charge on any atom is -0.782 e. The van der Waals surface area contributed by atoms with Gasteiger partial charge < -0.3 is 36.3 Å². The van der Waals surface area contributed by atoms with Crippen molar-refractivity contribution >= 4 is 157 Å². The van der Waals surface area contributed by atoms with Gasteiger partial charge >= 0.3 is 103 Å². The number of thiazole rings is 1. The molecule has 0 fully saturated rings. The maximum absolute atomic E-state index is 12.1. The first-order chi connectivity index (χ1) is 21.4. The summed E-state index contributed by atoms with van der Waals surface area (Å²) in [6, 6.07) is 10.1. The van der Waals surface area contributed by atoms with E-state index in [0.29, 0.717) is 36.2 Å². The minimum absolute atomic E-state index is 0. The van der Waals surface area contributed by atoms with Crippen LogP contribution in [-0.2, 0) is 36.5 Å². The van der Waals surface area contributed by atoms with E-state index < -0.39 is 0 Å². The molecule has 47 heavy (non-hydrogen) atoms. The van der Waals surface area contributed by atoms with Crippen molar-refractivity contribution in [2.24, 2.45) is 5.10 Å². The van der Waals surface area contributed by atoms with E-state index >= 15 is 0 Å². The third kappa shape index (κ3) is 26.9. The number of aromatic nitrogens is 1. The molecule has 242 valence electrons. The Labute approximate surface area is 420 Å². The number of anilines is 2. The van der Waals surface area contributed by atoms with Crippen molar-refractivity contribution in [2.45, 2.75) is 17.7 Å². The smallest absolute Gasteiger partial charge is 0.782 e. The number of para-hydroxylation sites is 1. The molecule has 3 N–H and O–H groups in total. The number of halogens is 6. The first kappa shape index (κ1) is 57.9. The van der Waals surface area contributed by atoms with E-state index in [1.807, 2.05) is 11.2 Å². The summed E-state index contributed by atoms with van der Waals surface area (Å²) in [6.07, 6.45) is 14.7. The normalized spacial score (nSPS) is 8.11. The topological polar surface area (TPSA) is 102 Å². The Morgan fingerprint density at radius 2 is 1.51 bits per heavy atom. The summed E-state index contributed by atoms with van der Waals surface area (Å²) in [5.74, 6) is 1.98. The molecule has 3 rings (SSSR count). The zero-order chi connectivity index (χ0) is 35.5. The van der Waals surface area contributed by atoms with Gasteiger partial charge in [-0.25, -0.2) is 4.98 Å². The summed E-state index contributed by atoms with van der Waals surface area (Å²) < 4.78 is 0.706. The molecule has 0 aliphatic rings. The maximum Gasteiger partial charge on any atom is 1.00 e. The van der Waals surface area contributed by atoms with E-state index in [1.54, 1.807) is 43.3 Å². The van der Waals surface area contributed by atoms with Gasteiger partial charge in [-0.1, -0.05) is 92.9 Å². The largest absolute Gasteiger partial charge is 1.00 e. The van der Waals surface area contributed by atoms with Gasteiger partial charge in [-0.3, -0.25) is 9.59 Å². The second-order valence-electron chi connectivity index (χ2n) is 6.75. The molecule has 0 aliphatic carbocycles. The summed E-state index contributed by atoms with van der Waals surface area (Å²) in [6.45, 7) is 7.69. The summed E-state index contributed by atoms with van der Waals surface area (Å²) >= 11 is 42.3. The third-order valence-electron chi connectivity index (χ3n) is 3.93. The second-order valence-corrected chi connectivity index (χ2v) is 11.7.